The SMILES string of the molecule is COc1ccc(CNCC2CN(C3CC3)CCO2)cc1OCCC(C)C. The number of ether oxygens (including phenoxy) is 3. The smallest absolute Gasteiger partial charge is 0.161 e. The fraction of sp³-hybridized carbons (Fsp3) is 0.714. The number of rotatable bonds is 10. The van der Waals surface area contributed by atoms with Crippen molar-refractivity contribution in [2.45, 2.75) is 51.8 Å². The number of benzene rings is 1. The zero-order valence-electron chi connectivity index (χ0n) is 16.5. The highest BCUT2D eigenvalue weighted by molar-refractivity contribution is 5.42. The molecule has 5 heteroatoms. The zero-order chi connectivity index (χ0) is 18.4. The summed E-state index contributed by atoms with van der Waals surface area (Å²) in [5.41, 5.74) is 1.21. The minimum Gasteiger partial charge on any atom is -0.493 e. The van der Waals surface area contributed by atoms with Crippen LogP contribution in [-0.4, -0.2) is 57.0 Å². The molecule has 0 aromatic heterocycles. The van der Waals surface area contributed by atoms with E-state index in [2.05, 4.69) is 36.2 Å². The molecule has 0 radical (unpaired) electrons. The van der Waals surface area contributed by atoms with Crippen LogP contribution in [-0.2, 0) is 11.3 Å². The van der Waals surface area contributed by atoms with Crippen LogP contribution in [0.25, 0.3) is 0 Å². The van der Waals surface area contributed by atoms with Crippen LogP contribution in [0.2, 0.25) is 0 Å². The van der Waals surface area contributed by atoms with E-state index in [0.29, 0.717) is 12.0 Å². The number of methoxy groups -OCH3 is 1. The van der Waals surface area contributed by atoms with Gasteiger partial charge in [0.2, 0.25) is 0 Å². The van der Waals surface area contributed by atoms with Crippen molar-refractivity contribution in [2.24, 2.45) is 5.92 Å². The van der Waals surface area contributed by atoms with E-state index in [-0.39, 0.29) is 0 Å². The van der Waals surface area contributed by atoms with Gasteiger partial charge >= 0.3 is 0 Å². The molecular weight excluding hydrogens is 328 g/mol. The van der Waals surface area contributed by atoms with Crippen LogP contribution in [0.5, 0.6) is 11.5 Å². The predicted molar refractivity (Wildman–Crippen MR) is 104 cm³/mol. The van der Waals surface area contributed by atoms with Gasteiger partial charge in [0.15, 0.2) is 11.5 Å². The van der Waals surface area contributed by atoms with Gasteiger partial charge in [0.25, 0.3) is 0 Å². The summed E-state index contributed by atoms with van der Waals surface area (Å²) >= 11 is 0. The Hall–Kier alpha value is -1.30. The van der Waals surface area contributed by atoms with Gasteiger partial charge in [-0.2, -0.15) is 0 Å². The molecule has 26 heavy (non-hydrogen) atoms. The average molecular weight is 363 g/mol. The van der Waals surface area contributed by atoms with Gasteiger partial charge in [-0.3, -0.25) is 4.90 Å². The van der Waals surface area contributed by atoms with Crippen LogP contribution in [0.4, 0.5) is 0 Å². The van der Waals surface area contributed by atoms with Crippen LogP contribution < -0.4 is 14.8 Å². The number of morpholine rings is 1. The molecular formula is C21H34N2O3. The molecule has 1 saturated heterocycles. The summed E-state index contributed by atoms with van der Waals surface area (Å²) < 4.78 is 17.3. The molecule has 0 amide bonds. The van der Waals surface area contributed by atoms with Crippen molar-refractivity contribution < 1.29 is 14.2 Å². The quantitative estimate of drug-likeness (QED) is 0.693. The van der Waals surface area contributed by atoms with E-state index in [1.807, 2.05) is 6.07 Å². The van der Waals surface area contributed by atoms with Crippen molar-refractivity contribution in [1.29, 1.82) is 0 Å². The molecule has 2 fully saturated rings. The third-order valence-corrected chi connectivity index (χ3v) is 5.12. The van der Waals surface area contributed by atoms with Gasteiger partial charge in [0, 0.05) is 32.2 Å². The monoisotopic (exact) mass is 362 g/mol. The highest BCUT2D eigenvalue weighted by Gasteiger charge is 2.32. The maximum Gasteiger partial charge on any atom is 0.161 e. The Morgan fingerprint density at radius 1 is 1.27 bits per heavy atom. The number of hydrogen-bond donors (Lipinski definition) is 1. The third-order valence-electron chi connectivity index (χ3n) is 5.12. The Morgan fingerprint density at radius 2 is 2.12 bits per heavy atom. The molecule has 1 aromatic rings. The first kappa shape index (κ1) is 19.5. The molecule has 1 N–H and O–H groups in total. The van der Waals surface area contributed by atoms with E-state index >= 15 is 0 Å². The molecule has 1 saturated carbocycles. The first-order valence-corrected chi connectivity index (χ1v) is 10.0. The fourth-order valence-corrected chi connectivity index (χ4v) is 3.36. The van der Waals surface area contributed by atoms with Crippen LogP contribution in [0.15, 0.2) is 18.2 Å². The minimum absolute atomic E-state index is 0.296. The highest BCUT2D eigenvalue weighted by Crippen LogP contribution is 2.29. The lowest BCUT2D eigenvalue weighted by molar-refractivity contribution is -0.0301. The molecule has 146 valence electrons. The van der Waals surface area contributed by atoms with Crippen LogP contribution in [0.1, 0.15) is 38.7 Å². The van der Waals surface area contributed by atoms with E-state index < -0.39 is 0 Å². The molecule has 5 nitrogen and oxygen atoms in total. The second-order valence-corrected chi connectivity index (χ2v) is 7.87. The average Bonchev–Trinajstić information content (AvgIpc) is 3.47. The van der Waals surface area contributed by atoms with E-state index in [1.165, 1.54) is 18.4 Å². The van der Waals surface area contributed by atoms with E-state index in [1.54, 1.807) is 7.11 Å². The fourth-order valence-electron chi connectivity index (χ4n) is 3.36. The van der Waals surface area contributed by atoms with Crippen molar-refractivity contribution in [3.05, 3.63) is 23.8 Å². The zero-order valence-corrected chi connectivity index (χ0v) is 16.5. The van der Waals surface area contributed by atoms with Crippen molar-refractivity contribution in [3.8, 4) is 11.5 Å². The molecule has 1 heterocycles. The van der Waals surface area contributed by atoms with Crippen LogP contribution in [0, 0.1) is 5.92 Å². The Morgan fingerprint density at radius 3 is 2.85 bits per heavy atom. The molecule has 3 rings (SSSR count). The van der Waals surface area contributed by atoms with E-state index in [4.69, 9.17) is 14.2 Å². The van der Waals surface area contributed by atoms with Crippen LogP contribution >= 0.6 is 0 Å². The minimum atomic E-state index is 0.296. The molecule has 1 atom stereocenters. The molecule has 0 spiro atoms. The van der Waals surface area contributed by atoms with Gasteiger partial charge in [-0.1, -0.05) is 19.9 Å². The number of nitrogens with zero attached hydrogens (tertiary/aromatic N) is 1. The molecule has 1 aromatic carbocycles. The van der Waals surface area contributed by atoms with Crippen LogP contribution in [0.3, 0.4) is 0 Å². The lowest BCUT2D eigenvalue weighted by Gasteiger charge is -2.33. The summed E-state index contributed by atoms with van der Waals surface area (Å²) in [6, 6.07) is 7.01. The summed E-state index contributed by atoms with van der Waals surface area (Å²) in [5.74, 6) is 2.27. The largest absolute Gasteiger partial charge is 0.493 e. The van der Waals surface area contributed by atoms with Crippen molar-refractivity contribution in [1.82, 2.24) is 10.2 Å². The van der Waals surface area contributed by atoms with Gasteiger partial charge < -0.3 is 19.5 Å². The number of hydrogen-bond acceptors (Lipinski definition) is 5. The summed E-state index contributed by atoms with van der Waals surface area (Å²) in [5, 5.41) is 3.54. The van der Waals surface area contributed by atoms with Crippen molar-refractivity contribution in [3.63, 3.8) is 0 Å². The molecule has 0 bridgehead atoms. The Balaban J connectivity index is 1.46. The van der Waals surface area contributed by atoms with Gasteiger partial charge in [0.05, 0.1) is 26.4 Å². The van der Waals surface area contributed by atoms with E-state index in [0.717, 1.165) is 63.4 Å². The normalized spacial score (nSPS) is 21.2. The van der Waals surface area contributed by atoms with Gasteiger partial charge in [-0.05, 0) is 42.9 Å². The summed E-state index contributed by atoms with van der Waals surface area (Å²) in [4.78, 5) is 2.59. The van der Waals surface area contributed by atoms with Gasteiger partial charge in [-0.25, -0.2) is 0 Å². The first-order chi connectivity index (χ1) is 12.7. The molecule has 2 aliphatic rings. The maximum absolute atomic E-state index is 5.94. The first-order valence-electron chi connectivity index (χ1n) is 10.0. The standard InChI is InChI=1S/C21H34N2O3/c1-16(2)8-10-26-21-12-17(4-7-20(21)24-3)13-22-14-19-15-23(9-11-25-19)18-5-6-18/h4,7,12,16,18-19,22H,5-6,8-11,13-15H2,1-3H3. The Labute approximate surface area is 158 Å². The second-order valence-electron chi connectivity index (χ2n) is 7.87. The highest BCUT2D eigenvalue weighted by atomic mass is 16.5. The van der Waals surface area contributed by atoms with Gasteiger partial charge in [0.1, 0.15) is 0 Å². The lowest BCUT2D eigenvalue weighted by Crippen LogP contribution is -2.47. The topological polar surface area (TPSA) is 43.0 Å². The van der Waals surface area contributed by atoms with Gasteiger partial charge in [-0.15, -0.1) is 0 Å². The van der Waals surface area contributed by atoms with Crippen molar-refractivity contribution in [2.75, 3.05) is 40.0 Å². The van der Waals surface area contributed by atoms with E-state index in [9.17, 15) is 0 Å². The lowest BCUT2D eigenvalue weighted by atomic mass is 10.1. The maximum atomic E-state index is 5.94. The predicted octanol–water partition coefficient (Wildman–Crippen LogP) is 3.07. The Kier molecular flexibility index (Phi) is 7.17. The van der Waals surface area contributed by atoms with Crippen molar-refractivity contribution >= 4 is 0 Å². The molecule has 1 unspecified atom stereocenters. The summed E-state index contributed by atoms with van der Waals surface area (Å²) in [6.45, 7) is 9.85. The second kappa shape index (κ2) is 9.58. The third kappa shape index (κ3) is 5.86. The Bertz CT molecular complexity index is 560. The number of nitrogens with one attached hydrogen (secondary N) is 1. The summed E-state index contributed by atoms with van der Waals surface area (Å²) in [7, 11) is 1.69. The molecule has 1 aliphatic heterocycles. The summed E-state index contributed by atoms with van der Waals surface area (Å²) in [6.07, 6.45) is 4.07. The molecule has 1 aliphatic carbocycles.